The Morgan fingerprint density at radius 3 is 2.78 bits per heavy atom. The highest BCUT2D eigenvalue weighted by Crippen LogP contribution is 2.52. The lowest BCUT2D eigenvalue weighted by Crippen LogP contribution is -2.32. The topological polar surface area (TPSA) is 12.0 Å². The molecule has 1 saturated heterocycles. The molecule has 3 unspecified atom stereocenters. The summed E-state index contributed by atoms with van der Waals surface area (Å²) >= 11 is 1.91. The SMILES string of the molecule is c1csc(C2c3ccccc3C3NCCCC32)c1. The summed E-state index contributed by atoms with van der Waals surface area (Å²) in [5.74, 6) is 1.38. The van der Waals surface area contributed by atoms with Crippen LogP contribution >= 0.6 is 11.3 Å². The molecule has 0 saturated carbocycles. The van der Waals surface area contributed by atoms with Gasteiger partial charge in [0.1, 0.15) is 0 Å². The zero-order valence-electron chi connectivity index (χ0n) is 10.3. The Kier molecular flexibility index (Phi) is 2.52. The standard InChI is InChI=1S/C16H17NS/c1-2-6-12-11(5-1)15(14-8-4-10-18-14)13-7-3-9-17-16(12)13/h1-2,4-6,8,10,13,15-17H,3,7,9H2. The predicted molar refractivity (Wildman–Crippen MR) is 76.1 cm³/mol. The molecule has 1 nitrogen and oxygen atoms in total. The van der Waals surface area contributed by atoms with Crippen molar-refractivity contribution >= 4 is 11.3 Å². The Morgan fingerprint density at radius 1 is 1.06 bits per heavy atom. The predicted octanol–water partition coefficient (Wildman–Crippen LogP) is 3.93. The molecule has 0 radical (unpaired) electrons. The van der Waals surface area contributed by atoms with Gasteiger partial charge < -0.3 is 5.32 Å². The van der Waals surface area contributed by atoms with Crippen molar-refractivity contribution in [2.24, 2.45) is 5.92 Å². The van der Waals surface area contributed by atoms with Gasteiger partial charge in [-0.25, -0.2) is 0 Å². The first-order valence-electron chi connectivity index (χ1n) is 6.81. The molecular weight excluding hydrogens is 238 g/mol. The molecule has 18 heavy (non-hydrogen) atoms. The second kappa shape index (κ2) is 4.22. The van der Waals surface area contributed by atoms with Gasteiger partial charge >= 0.3 is 0 Å². The minimum atomic E-state index is 0.585. The molecule has 3 atom stereocenters. The summed E-state index contributed by atoms with van der Waals surface area (Å²) in [5.41, 5.74) is 3.10. The van der Waals surface area contributed by atoms with Crippen LogP contribution in [0.3, 0.4) is 0 Å². The van der Waals surface area contributed by atoms with E-state index in [4.69, 9.17) is 0 Å². The fourth-order valence-electron chi connectivity index (χ4n) is 3.75. The smallest absolute Gasteiger partial charge is 0.0361 e. The highest BCUT2D eigenvalue weighted by Gasteiger charge is 2.42. The van der Waals surface area contributed by atoms with E-state index in [1.807, 2.05) is 11.3 Å². The fraction of sp³-hybridized carbons (Fsp3) is 0.375. The van der Waals surface area contributed by atoms with E-state index in [1.165, 1.54) is 19.4 Å². The first kappa shape index (κ1) is 10.8. The van der Waals surface area contributed by atoms with Crippen LogP contribution in [0.5, 0.6) is 0 Å². The molecule has 0 bridgehead atoms. The maximum Gasteiger partial charge on any atom is 0.0361 e. The van der Waals surface area contributed by atoms with Gasteiger partial charge in [-0.15, -0.1) is 11.3 Å². The van der Waals surface area contributed by atoms with E-state index < -0.39 is 0 Å². The molecule has 2 heteroatoms. The van der Waals surface area contributed by atoms with E-state index in [2.05, 4.69) is 47.1 Å². The van der Waals surface area contributed by atoms with Crippen LogP contribution in [0, 0.1) is 5.92 Å². The average molecular weight is 255 g/mol. The summed E-state index contributed by atoms with van der Waals surface area (Å²) in [5, 5.41) is 5.94. The number of thiophene rings is 1. The molecule has 2 aliphatic rings. The average Bonchev–Trinajstić information content (AvgIpc) is 3.03. The van der Waals surface area contributed by atoms with Gasteiger partial charge in [-0.1, -0.05) is 30.3 Å². The zero-order chi connectivity index (χ0) is 11.9. The summed E-state index contributed by atoms with van der Waals surface area (Å²) in [4.78, 5) is 1.54. The minimum Gasteiger partial charge on any atom is -0.310 e. The Hall–Kier alpha value is -1.12. The molecular formula is C16H17NS. The second-order valence-corrected chi connectivity index (χ2v) is 6.34. The minimum absolute atomic E-state index is 0.585. The van der Waals surface area contributed by atoms with Crippen LogP contribution in [-0.4, -0.2) is 6.54 Å². The van der Waals surface area contributed by atoms with E-state index in [1.54, 1.807) is 16.0 Å². The van der Waals surface area contributed by atoms with Crippen molar-refractivity contribution in [3.05, 3.63) is 57.8 Å². The summed E-state index contributed by atoms with van der Waals surface area (Å²) in [6, 6.07) is 14.1. The van der Waals surface area contributed by atoms with Crippen molar-refractivity contribution in [2.75, 3.05) is 6.54 Å². The van der Waals surface area contributed by atoms with Crippen LogP contribution in [-0.2, 0) is 0 Å². The highest BCUT2D eigenvalue weighted by molar-refractivity contribution is 7.10. The van der Waals surface area contributed by atoms with Crippen LogP contribution in [0.1, 0.15) is 40.8 Å². The molecule has 4 rings (SSSR count). The first-order chi connectivity index (χ1) is 8.95. The quantitative estimate of drug-likeness (QED) is 0.814. The Balaban J connectivity index is 1.86. The van der Waals surface area contributed by atoms with E-state index in [-0.39, 0.29) is 0 Å². The number of rotatable bonds is 1. The van der Waals surface area contributed by atoms with Crippen molar-refractivity contribution in [3.63, 3.8) is 0 Å². The summed E-state index contributed by atoms with van der Waals surface area (Å²) < 4.78 is 0. The second-order valence-electron chi connectivity index (χ2n) is 5.36. The van der Waals surface area contributed by atoms with Crippen LogP contribution in [0.4, 0.5) is 0 Å². The van der Waals surface area contributed by atoms with E-state index in [0.717, 1.165) is 5.92 Å². The van der Waals surface area contributed by atoms with E-state index in [9.17, 15) is 0 Å². The largest absolute Gasteiger partial charge is 0.310 e. The van der Waals surface area contributed by atoms with Crippen LogP contribution in [0.25, 0.3) is 0 Å². The van der Waals surface area contributed by atoms with Crippen molar-refractivity contribution in [2.45, 2.75) is 24.8 Å². The van der Waals surface area contributed by atoms with Gasteiger partial charge in [0.25, 0.3) is 0 Å². The Labute approximate surface area is 112 Å². The summed E-state index contributed by atoms with van der Waals surface area (Å²) in [7, 11) is 0. The first-order valence-corrected chi connectivity index (χ1v) is 7.69. The monoisotopic (exact) mass is 255 g/mol. The fourth-order valence-corrected chi connectivity index (χ4v) is 4.67. The van der Waals surface area contributed by atoms with Gasteiger partial charge in [0.05, 0.1) is 0 Å². The van der Waals surface area contributed by atoms with Crippen molar-refractivity contribution in [1.29, 1.82) is 0 Å². The molecule has 1 aromatic heterocycles. The third-order valence-corrected chi connectivity index (χ3v) is 5.41. The normalized spacial score (nSPS) is 29.9. The molecule has 2 aromatic rings. The number of piperidine rings is 1. The highest BCUT2D eigenvalue weighted by atomic mass is 32.1. The van der Waals surface area contributed by atoms with Gasteiger partial charge in [-0.2, -0.15) is 0 Å². The van der Waals surface area contributed by atoms with Gasteiger partial charge in [-0.05, 0) is 47.9 Å². The lowest BCUT2D eigenvalue weighted by Gasteiger charge is -2.30. The molecule has 1 N–H and O–H groups in total. The summed E-state index contributed by atoms with van der Waals surface area (Å²) in [6.07, 6.45) is 2.67. The molecule has 0 spiro atoms. The number of hydrogen-bond acceptors (Lipinski definition) is 2. The Bertz CT molecular complexity index is 546. The van der Waals surface area contributed by atoms with Gasteiger partial charge in [0.15, 0.2) is 0 Å². The molecule has 0 amide bonds. The maximum absolute atomic E-state index is 3.73. The van der Waals surface area contributed by atoms with Crippen LogP contribution < -0.4 is 5.32 Å². The van der Waals surface area contributed by atoms with Gasteiger partial charge in [0, 0.05) is 16.8 Å². The molecule has 1 aromatic carbocycles. The lowest BCUT2D eigenvalue weighted by atomic mass is 9.84. The van der Waals surface area contributed by atoms with Crippen LogP contribution in [0.15, 0.2) is 41.8 Å². The van der Waals surface area contributed by atoms with E-state index in [0.29, 0.717) is 12.0 Å². The van der Waals surface area contributed by atoms with E-state index >= 15 is 0 Å². The molecule has 1 aliphatic heterocycles. The number of benzene rings is 1. The molecule has 1 aliphatic carbocycles. The number of hydrogen-bond donors (Lipinski definition) is 1. The lowest BCUT2D eigenvalue weighted by molar-refractivity contribution is 0.288. The van der Waals surface area contributed by atoms with Crippen molar-refractivity contribution in [1.82, 2.24) is 5.32 Å². The third-order valence-electron chi connectivity index (χ3n) is 4.45. The third kappa shape index (κ3) is 1.49. The van der Waals surface area contributed by atoms with Crippen molar-refractivity contribution < 1.29 is 0 Å². The van der Waals surface area contributed by atoms with Gasteiger partial charge in [-0.3, -0.25) is 0 Å². The maximum atomic E-state index is 3.73. The molecule has 2 heterocycles. The Morgan fingerprint density at radius 2 is 1.94 bits per heavy atom. The van der Waals surface area contributed by atoms with Crippen molar-refractivity contribution in [3.8, 4) is 0 Å². The number of nitrogens with one attached hydrogen (secondary N) is 1. The molecule has 1 fully saturated rings. The molecule has 92 valence electrons. The number of fused-ring (bicyclic) bond motifs is 3. The van der Waals surface area contributed by atoms with Gasteiger partial charge in [0.2, 0.25) is 0 Å². The van der Waals surface area contributed by atoms with Crippen LogP contribution in [0.2, 0.25) is 0 Å². The summed E-state index contributed by atoms with van der Waals surface area (Å²) in [6.45, 7) is 1.17. The zero-order valence-corrected chi connectivity index (χ0v) is 11.1.